The Morgan fingerprint density at radius 2 is 1.88 bits per heavy atom. The smallest absolute Gasteiger partial charge is 0.251 e. The summed E-state index contributed by atoms with van der Waals surface area (Å²) >= 11 is 6.14. The van der Waals surface area contributed by atoms with Gasteiger partial charge in [-0.15, -0.1) is 0 Å². The number of anilines is 2. The van der Waals surface area contributed by atoms with E-state index in [-0.39, 0.29) is 23.3 Å². The first-order valence-corrected chi connectivity index (χ1v) is 15.4. The molecular weight excluding hydrogens is 552 g/mol. The number of likely N-dealkylation sites (tertiary alicyclic amines) is 1. The number of aliphatic imine (C=N–C) groups is 1. The number of nitrogens with zero attached hydrogens (tertiary/aromatic N) is 3. The fourth-order valence-corrected chi connectivity index (χ4v) is 7.57. The predicted octanol–water partition coefficient (Wildman–Crippen LogP) is 3.53. The minimum atomic E-state index is -3.35. The molecule has 12 heteroatoms. The molecule has 6 rings (SSSR count). The van der Waals surface area contributed by atoms with Crippen molar-refractivity contribution < 1.29 is 18.0 Å². The van der Waals surface area contributed by atoms with E-state index in [2.05, 4.69) is 20.6 Å². The standard InChI is InChI=1S/C28H29ClN6O4S/c29-22-15-31-23-14-18(5-10-21(22)23)27(37)33-25-17-40(38,39)16-24(25)32-19-6-8-20(9-7-19)34-13-3-11-30-28(34)35-12-2-1-4-26(35)36/h3,5-11,13-15,24-25,28,31-32H,1-2,4,12,16-17H2,(H,33,37). The molecule has 2 saturated heterocycles. The Bertz CT molecular complexity index is 1620. The third-order valence-electron chi connectivity index (χ3n) is 7.52. The first-order valence-electron chi connectivity index (χ1n) is 13.2. The Kier molecular flexibility index (Phi) is 7.01. The second-order valence-corrected chi connectivity index (χ2v) is 12.9. The molecule has 40 heavy (non-hydrogen) atoms. The Hall–Kier alpha value is -3.83. The van der Waals surface area contributed by atoms with Crippen molar-refractivity contribution in [1.29, 1.82) is 0 Å². The van der Waals surface area contributed by atoms with E-state index in [1.807, 2.05) is 41.4 Å². The van der Waals surface area contributed by atoms with Crippen molar-refractivity contribution in [1.82, 2.24) is 15.2 Å². The number of aromatic nitrogens is 1. The van der Waals surface area contributed by atoms with Gasteiger partial charge in [0.2, 0.25) is 12.2 Å². The minimum Gasteiger partial charge on any atom is -0.379 e. The lowest BCUT2D eigenvalue weighted by Crippen LogP contribution is -2.51. The van der Waals surface area contributed by atoms with Crippen LogP contribution in [0.4, 0.5) is 11.4 Å². The molecule has 0 bridgehead atoms. The highest BCUT2D eigenvalue weighted by atomic mass is 35.5. The largest absolute Gasteiger partial charge is 0.379 e. The second kappa shape index (κ2) is 10.6. The summed E-state index contributed by atoms with van der Waals surface area (Å²) in [5.41, 5.74) is 2.72. The van der Waals surface area contributed by atoms with Gasteiger partial charge < -0.3 is 25.4 Å². The summed E-state index contributed by atoms with van der Waals surface area (Å²) in [5, 5.41) is 7.58. The number of benzene rings is 2. The van der Waals surface area contributed by atoms with Crippen LogP contribution in [0.3, 0.4) is 0 Å². The van der Waals surface area contributed by atoms with Crippen LogP contribution in [0.1, 0.15) is 29.6 Å². The van der Waals surface area contributed by atoms with Crippen LogP contribution >= 0.6 is 11.6 Å². The molecule has 208 valence electrons. The fourth-order valence-electron chi connectivity index (χ4n) is 5.49. The van der Waals surface area contributed by atoms with Crippen LogP contribution in [0, 0.1) is 0 Å². The monoisotopic (exact) mass is 580 g/mol. The summed E-state index contributed by atoms with van der Waals surface area (Å²) < 4.78 is 25.1. The van der Waals surface area contributed by atoms with Crippen LogP contribution < -0.4 is 15.5 Å². The molecule has 0 radical (unpaired) electrons. The van der Waals surface area contributed by atoms with Crippen molar-refractivity contribution in [2.24, 2.45) is 4.99 Å². The molecule has 3 aromatic rings. The predicted molar refractivity (Wildman–Crippen MR) is 157 cm³/mol. The average Bonchev–Trinajstić information content (AvgIpc) is 3.46. The number of aromatic amines is 1. The van der Waals surface area contributed by atoms with Gasteiger partial charge in [-0.05, 0) is 55.3 Å². The number of rotatable bonds is 6. The summed E-state index contributed by atoms with van der Waals surface area (Å²) in [6, 6.07) is 11.6. The topological polar surface area (TPSA) is 127 Å². The normalized spacial score (nSPS) is 24.0. The average molecular weight is 581 g/mol. The lowest BCUT2D eigenvalue weighted by molar-refractivity contribution is -0.135. The van der Waals surface area contributed by atoms with Crippen LogP contribution in [-0.4, -0.2) is 72.8 Å². The minimum absolute atomic E-state index is 0.0896. The molecule has 10 nitrogen and oxygen atoms in total. The van der Waals surface area contributed by atoms with Gasteiger partial charge >= 0.3 is 0 Å². The molecule has 2 amide bonds. The molecule has 3 unspecified atom stereocenters. The molecule has 3 aliphatic rings. The number of piperidine rings is 1. The van der Waals surface area contributed by atoms with Gasteiger partial charge in [0.05, 0.1) is 28.6 Å². The lowest BCUT2D eigenvalue weighted by atomic mass is 10.1. The number of sulfone groups is 1. The van der Waals surface area contributed by atoms with Crippen molar-refractivity contribution in [3.63, 3.8) is 0 Å². The molecule has 0 saturated carbocycles. The Morgan fingerprint density at radius 1 is 1.07 bits per heavy atom. The Labute approximate surface area is 237 Å². The number of hydrogen-bond acceptors (Lipinski definition) is 7. The third-order valence-corrected chi connectivity index (χ3v) is 9.57. The number of carbonyl (C=O) groups is 2. The van der Waals surface area contributed by atoms with Crippen molar-refractivity contribution in [3.8, 4) is 0 Å². The number of fused-ring (bicyclic) bond motifs is 1. The van der Waals surface area contributed by atoms with Gasteiger partial charge in [-0.2, -0.15) is 0 Å². The van der Waals surface area contributed by atoms with E-state index < -0.39 is 28.2 Å². The van der Waals surface area contributed by atoms with E-state index >= 15 is 0 Å². The fraction of sp³-hybridized carbons (Fsp3) is 0.321. The van der Waals surface area contributed by atoms with Crippen LogP contribution in [-0.2, 0) is 14.6 Å². The summed E-state index contributed by atoms with van der Waals surface area (Å²) in [5.74, 6) is -0.493. The summed E-state index contributed by atoms with van der Waals surface area (Å²) in [6.07, 6.45) is 9.04. The number of carbonyl (C=O) groups excluding carboxylic acids is 2. The molecule has 1 aromatic heterocycles. The van der Waals surface area contributed by atoms with Gasteiger partial charge in [0.25, 0.3) is 5.91 Å². The molecule has 4 heterocycles. The van der Waals surface area contributed by atoms with Crippen LogP contribution in [0.5, 0.6) is 0 Å². The summed E-state index contributed by atoms with van der Waals surface area (Å²) in [7, 11) is -3.35. The number of H-pyrrole nitrogens is 1. The zero-order valence-electron chi connectivity index (χ0n) is 21.6. The lowest BCUT2D eigenvalue weighted by Gasteiger charge is -2.39. The summed E-state index contributed by atoms with van der Waals surface area (Å²) in [6.45, 7) is 0.667. The van der Waals surface area contributed by atoms with Gasteiger partial charge in [-0.25, -0.2) is 13.4 Å². The maximum atomic E-state index is 13.0. The summed E-state index contributed by atoms with van der Waals surface area (Å²) in [4.78, 5) is 36.9. The number of halogens is 1. The number of allylic oxidation sites excluding steroid dienone is 1. The van der Waals surface area contributed by atoms with Gasteiger partial charge in [-0.3, -0.25) is 9.59 Å². The molecule has 2 aromatic carbocycles. The molecular formula is C28H29ClN6O4S. The van der Waals surface area contributed by atoms with Gasteiger partial charge in [0.15, 0.2) is 9.84 Å². The third kappa shape index (κ3) is 5.31. The zero-order chi connectivity index (χ0) is 27.9. The molecule has 0 aliphatic carbocycles. The maximum Gasteiger partial charge on any atom is 0.251 e. The van der Waals surface area contributed by atoms with E-state index in [1.54, 1.807) is 35.5 Å². The number of hydrogen-bond donors (Lipinski definition) is 3. The SMILES string of the molecule is O=C(NC1CS(=O)(=O)CC1Nc1ccc(N2C=CC=NC2N2CCCCC2=O)cc1)c1ccc2c(Cl)c[nH]c2c1. The molecule has 3 aliphatic heterocycles. The van der Waals surface area contributed by atoms with E-state index in [4.69, 9.17) is 11.6 Å². The Balaban J connectivity index is 1.15. The van der Waals surface area contributed by atoms with E-state index in [9.17, 15) is 18.0 Å². The first-order chi connectivity index (χ1) is 19.3. The molecule has 3 atom stereocenters. The highest BCUT2D eigenvalue weighted by molar-refractivity contribution is 7.91. The number of amides is 2. The van der Waals surface area contributed by atoms with Crippen LogP contribution in [0.15, 0.2) is 65.9 Å². The van der Waals surface area contributed by atoms with Gasteiger partial charge in [0.1, 0.15) is 0 Å². The number of nitrogens with one attached hydrogen (secondary N) is 3. The molecule has 2 fully saturated rings. The van der Waals surface area contributed by atoms with Crippen molar-refractivity contribution in [2.75, 3.05) is 28.3 Å². The van der Waals surface area contributed by atoms with E-state index in [0.29, 0.717) is 23.6 Å². The van der Waals surface area contributed by atoms with Crippen molar-refractivity contribution in [2.45, 2.75) is 37.6 Å². The molecule has 3 N–H and O–H groups in total. The first kappa shape index (κ1) is 26.4. The van der Waals surface area contributed by atoms with E-state index in [1.165, 1.54) is 0 Å². The maximum absolute atomic E-state index is 13.0. The van der Waals surface area contributed by atoms with Gasteiger partial charge in [-0.1, -0.05) is 17.7 Å². The Morgan fingerprint density at radius 3 is 2.67 bits per heavy atom. The highest BCUT2D eigenvalue weighted by Crippen LogP contribution is 2.28. The highest BCUT2D eigenvalue weighted by Gasteiger charge is 2.39. The quantitative estimate of drug-likeness (QED) is 0.409. The zero-order valence-corrected chi connectivity index (χ0v) is 23.2. The van der Waals surface area contributed by atoms with Crippen molar-refractivity contribution >= 4 is 61.7 Å². The van der Waals surface area contributed by atoms with E-state index in [0.717, 1.165) is 35.1 Å². The van der Waals surface area contributed by atoms with Gasteiger partial charge in [0, 0.05) is 59.4 Å². The molecule has 0 spiro atoms. The van der Waals surface area contributed by atoms with Crippen LogP contribution in [0.25, 0.3) is 10.9 Å². The second-order valence-electron chi connectivity index (χ2n) is 10.3. The van der Waals surface area contributed by atoms with Crippen molar-refractivity contribution in [3.05, 3.63) is 71.5 Å². The van der Waals surface area contributed by atoms with Crippen LogP contribution in [0.2, 0.25) is 5.02 Å².